The largest absolute Gasteiger partial charge is 0.328 e. The third-order valence-electron chi connectivity index (χ3n) is 2.40. The molecule has 1 aliphatic rings. The summed E-state index contributed by atoms with van der Waals surface area (Å²) in [7, 11) is 0. The lowest BCUT2D eigenvalue weighted by Gasteiger charge is -2.26. The molecule has 1 aliphatic heterocycles. The van der Waals surface area contributed by atoms with Crippen molar-refractivity contribution >= 4 is 17.6 Å². The summed E-state index contributed by atoms with van der Waals surface area (Å²) in [6.45, 7) is 10.4. The van der Waals surface area contributed by atoms with Gasteiger partial charge in [-0.25, -0.2) is 4.79 Å². The van der Waals surface area contributed by atoms with Crippen LogP contribution in [0.2, 0.25) is 0 Å². The minimum absolute atomic E-state index is 0.205. The van der Waals surface area contributed by atoms with Gasteiger partial charge in [0, 0.05) is 18.7 Å². The number of carbonyl (C=O) groups excluding carboxylic acids is 2. The SMILES string of the molecule is CC.CC.Cc1ccc(N2CCC(=O)NC2=O)cc1. The van der Waals surface area contributed by atoms with Gasteiger partial charge in [-0.15, -0.1) is 0 Å². The Balaban J connectivity index is 0.000000741. The van der Waals surface area contributed by atoms with Crippen LogP contribution < -0.4 is 10.2 Å². The van der Waals surface area contributed by atoms with Gasteiger partial charge in [-0.2, -0.15) is 0 Å². The van der Waals surface area contributed by atoms with E-state index in [2.05, 4.69) is 5.32 Å². The second-order valence-electron chi connectivity index (χ2n) is 3.59. The van der Waals surface area contributed by atoms with Crippen LogP contribution in [-0.2, 0) is 4.79 Å². The first kappa shape index (κ1) is 17.2. The summed E-state index contributed by atoms with van der Waals surface area (Å²) in [6, 6.07) is 7.31. The van der Waals surface area contributed by atoms with Crippen molar-refractivity contribution in [2.45, 2.75) is 41.0 Å². The number of benzene rings is 1. The van der Waals surface area contributed by atoms with E-state index >= 15 is 0 Å². The molecule has 0 atom stereocenters. The van der Waals surface area contributed by atoms with E-state index in [1.54, 1.807) is 4.90 Å². The van der Waals surface area contributed by atoms with E-state index in [9.17, 15) is 9.59 Å². The Morgan fingerprint density at radius 1 is 1.00 bits per heavy atom. The molecule has 0 radical (unpaired) electrons. The van der Waals surface area contributed by atoms with Crippen LogP contribution >= 0.6 is 0 Å². The summed E-state index contributed by atoms with van der Waals surface area (Å²) in [4.78, 5) is 24.0. The molecule has 106 valence electrons. The van der Waals surface area contributed by atoms with Gasteiger partial charge in [-0.05, 0) is 19.1 Å². The maximum absolute atomic E-state index is 11.5. The number of imide groups is 1. The number of hydrogen-bond acceptors (Lipinski definition) is 2. The summed E-state index contributed by atoms with van der Waals surface area (Å²) in [5.41, 5.74) is 1.97. The second kappa shape index (κ2) is 9.14. The maximum Gasteiger partial charge on any atom is 0.328 e. The number of hydrogen-bond donors (Lipinski definition) is 1. The topological polar surface area (TPSA) is 49.4 Å². The van der Waals surface area contributed by atoms with Crippen LogP contribution in [0.15, 0.2) is 24.3 Å². The zero-order chi connectivity index (χ0) is 14.8. The zero-order valence-electron chi connectivity index (χ0n) is 12.5. The molecule has 3 amide bonds. The molecule has 1 aromatic carbocycles. The first-order valence-corrected chi connectivity index (χ1v) is 6.85. The lowest BCUT2D eigenvalue weighted by Crippen LogP contribution is -2.49. The van der Waals surface area contributed by atoms with Gasteiger partial charge < -0.3 is 0 Å². The van der Waals surface area contributed by atoms with E-state index in [0.717, 1.165) is 11.3 Å². The Morgan fingerprint density at radius 3 is 2.00 bits per heavy atom. The Hall–Kier alpha value is -1.84. The molecule has 2 rings (SSSR count). The maximum atomic E-state index is 11.5. The van der Waals surface area contributed by atoms with Crippen molar-refractivity contribution in [1.82, 2.24) is 5.32 Å². The summed E-state index contributed by atoms with van der Waals surface area (Å²) in [6.07, 6.45) is 0.361. The van der Waals surface area contributed by atoms with Crippen LogP contribution in [-0.4, -0.2) is 18.5 Å². The summed E-state index contributed by atoms with van der Waals surface area (Å²) in [5.74, 6) is -0.205. The lowest BCUT2D eigenvalue weighted by molar-refractivity contribution is -0.120. The van der Waals surface area contributed by atoms with E-state index in [4.69, 9.17) is 0 Å². The van der Waals surface area contributed by atoms with E-state index < -0.39 is 0 Å². The molecule has 19 heavy (non-hydrogen) atoms. The first-order valence-electron chi connectivity index (χ1n) is 6.85. The normalized spacial score (nSPS) is 13.6. The van der Waals surface area contributed by atoms with Gasteiger partial charge in [-0.1, -0.05) is 45.4 Å². The Labute approximate surface area is 115 Å². The molecule has 1 N–H and O–H groups in total. The minimum Gasteiger partial charge on any atom is -0.294 e. The summed E-state index contributed by atoms with van der Waals surface area (Å²) in [5, 5.41) is 2.29. The molecule has 0 saturated carbocycles. The van der Waals surface area contributed by atoms with Gasteiger partial charge in [0.25, 0.3) is 0 Å². The summed E-state index contributed by atoms with van der Waals surface area (Å²) < 4.78 is 0. The molecule has 4 heteroatoms. The third-order valence-corrected chi connectivity index (χ3v) is 2.40. The fourth-order valence-corrected chi connectivity index (χ4v) is 1.54. The molecule has 0 aliphatic carbocycles. The fraction of sp³-hybridized carbons (Fsp3) is 0.467. The van der Waals surface area contributed by atoms with Gasteiger partial charge in [-0.3, -0.25) is 15.0 Å². The molecule has 0 aromatic heterocycles. The molecule has 1 fully saturated rings. The Bertz CT molecular complexity index is 399. The predicted octanol–water partition coefficient (Wildman–Crippen LogP) is 3.49. The van der Waals surface area contributed by atoms with Crippen molar-refractivity contribution in [1.29, 1.82) is 0 Å². The number of rotatable bonds is 1. The molecule has 1 saturated heterocycles. The quantitative estimate of drug-likeness (QED) is 0.844. The van der Waals surface area contributed by atoms with Crippen LogP contribution in [0.25, 0.3) is 0 Å². The number of anilines is 1. The second-order valence-corrected chi connectivity index (χ2v) is 3.59. The monoisotopic (exact) mass is 264 g/mol. The average Bonchev–Trinajstić information content (AvgIpc) is 2.45. The molecule has 0 bridgehead atoms. The number of nitrogens with one attached hydrogen (secondary N) is 1. The number of amides is 3. The third kappa shape index (κ3) is 5.12. The Morgan fingerprint density at radius 2 is 1.53 bits per heavy atom. The fourth-order valence-electron chi connectivity index (χ4n) is 1.54. The highest BCUT2D eigenvalue weighted by molar-refractivity contribution is 6.05. The van der Waals surface area contributed by atoms with E-state index in [1.165, 1.54) is 0 Å². The molecular formula is C15H24N2O2. The van der Waals surface area contributed by atoms with Crippen molar-refractivity contribution in [3.8, 4) is 0 Å². The first-order chi connectivity index (χ1) is 9.16. The van der Waals surface area contributed by atoms with Gasteiger partial charge in [0.1, 0.15) is 0 Å². The van der Waals surface area contributed by atoms with Crippen molar-refractivity contribution in [2.75, 3.05) is 11.4 Å². The van der Waals surface area contributed by atoms with Gasteiger partial charge >= 0.3 is 6.03 Å². The molecule has 0 unspecified atom stereocenters. The average molecular weight is 264 g/mol. The molecule has 1 aromatic rings. The van der Waals surface area contributed by atoms with Gasteiger partial charge in [0.05, 0.1) is 0 Å². The standard InChI is InChI=1S/C11H12N2O2.2C2H6/c1-8-2-4-9(5-3-8)13-7-6-10(14)12-11(13)15;2*1-2/h2-5H,6-7H2,1H3,(H,12,14,15);2*1-2H3. The molecular weight excluding hydrogens is 240 g/mol. The van der Waals surface area contributed by atoms with Gasteiger partial charge in [0.2, 0.25) is 5.91 Å². The molecule has 0 spiro atoms. The van der Waals surface area contributed by atoms with Crippen LogP contribution in [0.5, 0.6) is 0 Å². The van der Waals surface area contributed by atoms with Gasteiger partial charge in [0.15, 0.2) is 0 Å². The number of carbonyl (C=O) groups is 2. The van der Waals surface area contributed by atoms with Crippen molar-refractivity contribution < 1.29 is 9.59 Å². The highest BCUT2D eigenvalue weighted by atomic mass is 16.2. The van der Waals surface area contributed by atoms with Crippen LogP contribution in [0.1, 0.15) is 39.7 Å². The van der Waals surface area contributed by atoms with Crippen LogP contribution in [0, 0.1) is 6.92 Å². The lowest BCUT2D eigenvalue weighted by atomic mass is 10.2. The van der Waals surface area contributed by atoms with Crippen LogP contribution in [0.3, 0.4) is 0 Å². The number of urea groups is 1. The van der Waals surface area contributed by atoms with Crippen molar-refractivity contribution in [2.24, 2.45) is 0 Å². The van der Waals surface area contributed by atoms with E-state index in [1.807, 2.05) is 58.9 Å². The number of nitrogens with zero attached hydrogens (tertiary/aromatic N) is 1. The van der Waals surface area contributed by atoms with E-state index in [-0.39, 0.29) is 11.9 Å². The van der Waals surface area contributed by atoms with Crippen molar-refractivity contribution in [3.63, 3.8) is 0 Å². The minimum atomic E-state index is -0.338. The van der Waals surface area contributed by atoms with Crippen molar-refractivity contribution in [3.05, 3.63) is 29.8 Å². The smallest absolute Gasteiger partial charge is 0.294 e. The highest BCUT2D eigenvalue weighted by Gasteiger charge is 2.23. The highest BCUT2D eigenvalue weighted by Crippen LogP contribution is 2.17. The van der Waals surface area contributed by atoms with E-state index in [0.29, 0.717) is 13.0 Å². The predicted molar refractivity (Wildman–Crippen MR) is 79.4 cm³/mol. The van der Waals surface area contributed by atoms with Crippen LogP contribution in [0.4, 0.5) is 10.5 Å². The Kier molecular flexibility index (Phi) is 8.25. The number of aryl methyl sites for hydroxylation is 1. The molecule has 4 nitrogen and oxygen atoms in total. The molecule has 1 heterocycles. The zero-order valence-corrected chi connectivity index (χ0v) is 12.5. The summed E-state index contributed by atoms with van der Waals surface area (Å²) >= 11 is 0.